The first-order valence-corrected chi connectivity index (χ1v) is 13.3. The van der Waals surface area contributed by atoms with Gasteiger partial charge >= 0.3 is 6.03 Å². The quantitative estimate of drug-likeness (QED) is 0.259. The van der Waals surface area contributed by atoms with Gasteiger partial charge in [-0.1, -0.05) is 54.1 Å². The highest BCUT2D eigenvalue weighted by Gasteiger charge is 2.36. The molecule has 1 atom stereocenters. The number of halogens is 1. The number of urea groups is 1. The standard InChI is InChI=1S/C31H28ClN5O2/c1-3-39-24-14-9-11-22(19-24)29-28-17-10-18-35(28)30-25(21(2)34-37(30)23-12-5-4-6-13-23)20-36(29)31(38)33-27-16-8-7-15-26(27)32/h4-19,29H,3,20H2,1-2H3,(H,33,38)/t29-/m1/s1. The number of carbonyl (C=O) groups is 1. The molecule has 7 nitrogen and oxygen atoms in total. The minimum atomic E-state index is -0.404. The summed E-state index contributed by atoms with van der Waals surface area (Å²) in [5, 5.41) is 8.43. The first-order chi connectivity index (χ1) is 19.0. The first-order valence-electron chi connectivity index (χ1n) is 12.9. The van der Waals surface area contributed by atoms with Crippen LogP contribution in [0.5, 0.6) is 5.75 Å². The maximum absolute atomic E-state index is 14.1. The number of carbonyl (C=O) groups excluding carboxylic acids is 1. The Hall–Kier alpha value is -4.49. The highest BCUT2D eigenvalue weighted by atomic mass is 35.5. The Kier molecular flexibility index (Phi) is 6.59. The lowest BCUT2D eigenvalue weighted by atomic mass is 10.0. The van der Waals surface area contributed by atoms with Crippen LogP contribution in [0.2, 0.25) is 5.02 Å². The fourth-order valence-corrected chi connectivity index (χ4v) is 5.37. The number of benzene rings is 3. The number of nitrogens with one attached hydrogen (secondary N) is 1. The number of rotatable bonds is 5. The molecule has 39 heavy (non-hydrogen) atoms. The van der Waals surface area contributed by atoms with E-state index in [2.05, 4.69) is 16.0 Å². The summed E-state index contributed by atoms with van der Waals surface area (Å²) in [5.74, 6) is 1.67. The van der Waals surface area contributed by atoms with E-state index in [1.54, 1.807) is 12.1 Å². The number of nitrogens with zero attached hydrogens (tertiary/aromatic N) is 4. The first kappa shape index (κ1) is 24.8. The second kappa shape index (κ2) is 10.3. The maximum atomic E-state index is 14.1. The van der Waals surface area contributed by atoms with Gasteiger partial charge in [-0.05, 0) is 67.9 Å². The van der Waals surface area contributed by atoms with Gasteiger partial charge in [0.05, 0.1) is 47.0 Å². The topological polar surface area (TPSA) is 64.3 Å². The number of fused-ring (bicyclic) bond motifs is 3. The summed E-state index contributed by atoms with van der Waals surface area (Å²) in [7, 11) is 0. The van der Waals surface area contributed by atoms with Crippen LogP contribution in [0.25, 0.3) is 11.5 Å². The van der Waals surface area contributed by atoms with Crippen molar-refractivity contribution in [3.63, 3.8) is 0 Å². The molecule has 5 aromatic rings. The Morgan fingerprint density at radius 1 is 1.03 bits per heavy atom. The summed E-state index contributed by atoms with van der Waals surface area (Å²) in [4.78, 5) is 15.9. The van der Waals surface area contributed by atoms with Gasteiger partial charge in [-0.2, -0.15) is 5.10 Å². The van der Waals surface area contributed by atoms with Gasteiger partial charge in [0.2, 0.25) is 0 Å². The largest absolute Gasteiger partial charge is 0.494 e. The smallest absolute Gasteiger partial charge is 0.323 e. The van der Waals surface area contributed by atoms with Crippen molar-refractivity contribution < 1.29 is 9.53 Å². The highest BCUT2D eigenvalue weighted by molar-refractivity contribution is 6.33. The molecule has 1 N–H and O–H groups in total. The van der Waals surface area contributed by atoms with Crippen molar-refractivity contribution in [2.24, 2.45) is 0 Å². The molecule has 0 unspecified atom stereocenters. The van der Waals surface area contributed by atoms with E-state index in [0.29, 0.717) is 23.9 Å². The molecule has 3 heterocycles. The molecule has 8 heteroatoms. The number of anilines is 1. The van der Waals surface area contributed by atoms with Gasteiger partial charge in [0.1, 0.15) is 11.6 Å². The van der Waals surface area contributed by atoms with Crippen LogP contribution in [-0.4, -0.2) is 31.9 Å². The zero-order valence-electron chi connectivity index (χ0n) is 21.7. The summed E-state index contributed by atoms with van der Waals surface area (Å²) in [6.45, 7) is 4.84. The van der Waals surface area contributed by atoms with E-state index in [1.807, 2.05) is 102 Å². The molecule has 196 valence electrons. The zero-order chi connectivity index (χ0) is 26.9. The van der Waals surface area contributed by atoms with E-state index < -0.39 is 6.04 Å². The third kappa shape index (κ3) is 4.55. The Balaban J connectivity index is 1.54. The molecule has 0 radical (unpaired) electrons. The monoisotopic (exact) mass is 537 g/mol. The number of hydrogen-bond acceptors (Lipinski definition) is 3. The molecule has 0 aliphatic carbocycles. The lowest BCUT2D eigenvalue weighted by Gasteiger charge is -2.31. The van der Waals surface area contributed by atoms with Crippen molar-refractivity contribution in [3.8, 4) is 17.3 Å². The van der Waals surface area contributed by atoms with Crippen LogP contribution < -0.4 is 10.1 Å². The number of para-hydroxylation sites is 2. The van der Waals surface area contributed by atoms with Gasteiger partial charge < -0.3 is 19.5 Å². The Morgan fingerprint density at radius 3 is 2.62 bits per heavy atom. The van der Waals surface area contributed by atoms with E-state index in [4.69, 9.17) is 21.4 Å². The summed E-state index contributed by atoms with van der Waals surface area (Å²) < 4.78 is 9.93. The van der Waals surface area contributed by atoms with Crippen molar-refractivity contribution in [3.05, 3.63) is 125 Å². The minimum absolute atomic E-state index is 0.262. The van der Waals surface area contributed by atoms with E-state index in [1.165, 1.54) is 0 Å². The van der Waals surface area contributed by atoms with Crippen molar-refractivity contribution >= 4 is 23.3 Å². The maximum Gasteiger partial charge on any atom is 0.323 e. The van der Waals surface area contributed by atoms with Crippen LogP contribution in [0.3, 0.4) is 0 Å². The molecule has 1 aliphatic heterocycles. The molecule has 2 aromatic heterocycles. The van der Waals surface area contributed by atoms with Gasteiger partial charge in [0, 0.05) is 11.8 Å². The van der Waals surface area contributed by atoms with Gasteiger partial charge in [-0.25, -0.2) is 9.48 Å². The molecule has 0 saturated heterocycles. The third-order valence-electron chi connectivity index (χ3n) is 6.95. The molecule has 0 bridgehead atoms. The van der Waals surface area contributed by atoms with Crippen LogP contribution in [0.4, 0.5) is 10.5 Å². The van der Waals surface area contributed by atoms with Crippen LogP contribution in [0, 0.1) is 6.92 Å². The minimum Gasteiger partial charge on any atom is -0.494 e. The molecule has 0 saturated carbocycles. The van der Waals surface area contributed by atoms with Crippen molar-refractivity contribution in [2.75, 3.05) is 11.9 Å². The number of ether oxygens (including phenoxy) is 1. The van der Waals surface area contributed by atoms with Crippen molar-refractivity contribution in [1.82, 2.24) is 19.2 Å². The molecule has 6 rings (SSSR count). The fourth-order valence-electron chi connectivity index (χ4n) is 5.19. The average Bonchev–Trinajstić information content (AvgIpc) is 3.51. The molecule has 0 fully saturated rings. The molecule has 2 amide bonds. The van der Waals surface area contributed by atoms with E-state index in [9.17, 15) is 4.79 Å². The second-order valence-electron chi connectivity index (χ2n) is 9.38. The predicted octanol–water partition coefficient (Wildman–Crippen LogP) is 7.16. The molecule has 0 spiro atoms. The molecule has 1 aliphatic rings. The van der Waals surface area contributed by atoms with Gasteiger partial charge in [0.25, 0.3) is 0 Å². The highest BCUT2D eigenvalue weighted by Crippen LogP contribution is 2.39. The summed E-state index contributed by atoms with van der Waals surface area (Å²) >= 11 is 6.42. The Morgan fingerprint density at radius 2 is 1.82 bits per heavy atom. The van der Waals surface area contributed by atoms with Crippen LogP contribution >= 0.6 is 11.6 Å². The van der Waals surface area contributed by atoms with Gasteiger partial charge in [-0.3, -0.25) is 0 Å². The molecular formula is C31H28ClN5O2. The summed E-state index contributed by atoms with van der Waals surface area (Å²) in [6, 6.07) is 28.6. The van der Waals surface area contributed by atoms with Crippen molar-refractivity contribution in [2.45, 2.75) is 26.4 Å². The lowest BCUT2D eigenvalue weighted by Crippen LogP contribution is -2.38. The van der Waals surface area contributed by atoms with E-state index in [0.717, 1.165) is 39.8 Å². The Bertz CT molecular complexity index is 1640. The Labute approximate surface area is 232 Å². The predicted molar refractivity (Wildman–Crippen MR) is 153 cm³/mol. The molecular weight excluding hydrogens is 510 g/mol. The summed E-state index contributed by atoms with van der Waals surface area (Å²) in [5.41, 5.74) is 5.21. The van der Waals surface area contributed by atoms with Crippen LogP contribution in [0.15, 0.2) is 97.2 Å². The summed E-state index contributed by atoms with van der Waals surface area (Å²) in [6.07, 6.45) is 2.03. The van der Waals surface area contributed by atoms with E-state index in [-0.39, 0.29) is 6.03 Å². The normalized spacial score (nSPS) is 14.3. The number of amides is 2. The van der Waals surface area contributed by atoms with E-state index >= 15 is 0 Å². The van der Waals surface area contributed by atoms with Crippen LogP contribution in [0.1, 0.15) is 35.5 Å². The average molecular weight is 538 g/mol. The van der Waals surface area contributed by atoms with Gasteiger partial charge in [-0.15, -0.1) is 0 Å². The fraction of sp³-hybridized carbons (Fsp3) is 0.161. The SMILES string of the molecule is CCOc1cccc([C@@H]2c3cccn3-c3c(c(C)nn3-c3ccccc3)CN2C(=O)Nc2ccccc2Cl)c1. The number of aryl methyl sites for hydroxylation is 1. The number of aromatic nitrogens is 3. The third-order valence-corrected chi connectivity index (χ3v) is 7.28. The van der Waals surface area contributed by atoms with Crippen LogP contribution in [-0.2, 0) is 6.54 Å². The second-order valence-corrected chi connectivity index (χ2v) is 9.79. The number of hydrogen-bond donors (Lipinski definition) is 1. The zero-order valence-corrected chi connectivity index (χ0v) is 22.5. The lowest BCUT2D eigenvalue weighted by molar-refractivity contribution is 0.194. The van der Waals surface area contributed by atoms with Gasteiger partial charge in [0.15, 0.2) is 0 Å². The van der Waals surface area contributed by atoms with Crippen molar-refractivity contribution in [1.29, 1.82) is 0 Å². The molecule has 3 aromatic carbocycles.